The molecule has 4 nitrogen and oxygen atoms in total. The van der Waals surface area contributed by atoms with Crippen LogP contribution in [-0.4, -0.2) is 24.7 Å². The van der Waals surface area contributed by atoms with Crippen molar-refractivity contribution in [3.05, 3.63) is 30.3 Å². The fraction of sp³-hybridized carbons (Fsp3) is 0.273. The van der Waals surface area contributed by atoms with Crippen LogP contribution in [0.15, 0.2) is 30.3 Å². The molecule has 0 aliphatic carbocycles. The lowest BCUT2D eigenvalue weighted by Crippen LogP contribution is -2.48. The van der Waals surface area contributed by atoms with Gasteiger partial charge in [0.2, 0.25) is 0 Å². The van der Waals surface area contributed by atoms with Crippen LogP contribution in [0.25, 0.3) is 0 Å². The molecule has 0 aliphatic heterocycles. The van der Waals surface area contributed by atoms with Crippen molar-refractivity contribution >= 4 is 17.5 Å². The second-order valence-corrected chi connectivity index (χ2v) is 3.34. The van der Waals surface area contributed by atoms with Gasteiger partial charge in [0, 0.05) is 12.2 Å². The van der Waals surface area contributed by atoms with Crippen LogP contribution in [0, 0.1) is 0 Å². The number of benzene rings is 1. The number of rotatable bonds is 2. The minimum atomic E-state index is -4.91. The molecule has 0 atom stereocenters. The van der Waals surface area contributed by atoms with Crippen molar-refractivity contribution < 1.29 is 22.8 Å². The lowest BCUT2D eigenvalue weighted by Gasteiger charge is -2.20. The van der Waals surface area contributed by atoms with Gasteiger partial charge >= 0.3 is 18.1 Å². The number of likely N-dealkylation sites (N-methyl/N-ethyl adjacent to an activating group) is 1. The first-order chi connectivity index (χ1) is 8.35. The predicted octanol–water partition coefficient (Wildman–Crippen LogP) is 1.68. The Bertz CT molecular complexity index is 432. The Balaban J connectivity index is 2.84. The van der Waals surface area contributed by atoms with Crippen LogP contribution in [0.5, 0.6) is 0 Å². The zero-order chi connectivity index (χ0) is 13.8. The molecule has 7 heteroatoms. The lowest BCUT2D eigenvalue weighted by atomic mass is 10.3. The van der Waals surface area contributed by atoms with Gasteiger partial charge in [-0.2, -0.15) is 13.2 Å². The molecule has 18 heavy (non-hydrogen) atoms. The number of hydrogen-bond donors (Lipinski definition) is 1. The molecule has 0 saturated heterocycles. The van der Waals surface area contributed by atoms with Gasteiger partial charge in [0.05, 0.1) is 0 Å². The highest BCUT2D eigenvalue weighted by atomic mass is 19.4. The van der Waals surface area contributed by atoms with Gasteiger partial charge in [-0.05, 0) is 19.1 Å². The van der Waals surface area contributed by atoms with Gasteiger partial charge in [-0.1, -0.05) is 18.2 Å². The van der Waals surface area contributed by atoms with Crippen molar-refractivity contribution in [2.24, 2.45) is 0 Å². The average molecular weight is 260 g/mol. The summed E-state index contributed by atoms with van der Waals surface area (Å²) in [7, 11) is 0. The van der Waals surface area contributed by atoms with E-state index in [0.29, 0.717) is 11.0 Å². The number of carbonyl (C=O) groups excluding carboxylic acids is 2. The lowest BCUT2D eigenvalue weighted by molar-refractivity contribution is -0.172. The van der Waals surface area contributed by atoms with E-state index in [-0.39, 0.29) is 6.54 Å². The molecule has 0 aromatic heterocycles. The molecular formula is C11H11F3N2O2. The Morgan fingerprint density at radius 1 is 1.22 bits per heavy atom. The SMILES string of the molecule is CCN(C(=O)C(=O)NC(F)(F)F)c1ccccc1. The number of para-hydroxylation sites is 1. The summed E-state index contributed by atoms with van der Waals surface area (Å²) in [5.74, 6) is -2.95. The Morgan fingerprint density at radius 2 is 1.78 bits per heavy atom. The highest BCUT2D eigenvalue weighted by Gasteiger charge is 2.34. The molecule has 1 rings (SSSR count). The second kappa shape index (κ2) is 5.52. The first-order valence-corrected chi connectivity index (χ1v) is 5.11. The first kappa shape index (κ1) is 14.0. The van der Waals surface area contributed by atoms with Crippen LogP contribution in [0.2, 0.25) is 0 Å². The van der Waals surface area contributed by atoms with E-state index in [2.05, 4.69) is 0 Å². The molecule has 0 radical (unpaired) electrons. The maximum atomic E-state index is 11.9. The largest absolute Gasteiger partial charge is 0.484 e. The van der Waals surface area contributed by atoms with Crippen molar-refractivity contribution in [3.8, 4) is 0 Å². The number of alkyl halides is 3. The molecule has 0 aliphatic rings. The standard InChI is InChI=1S/C11H11F3N2O2/c1-2-16(8-6-4-3-5-7-8)10(18)9(17)15-11(12,13)14/h3-7H,2H2,1H3,(H,15,17). The molecule has 1 aromatic carbocycles. The maximum Gasteiger partial charge on any atom is 0.484 e. The molecule has 0 saturated carbocycles. The monoisotopic (exact) mass is 260 g/mol. The normalized spacial score (nSPS) is 10.9. The summed E-state index contributed by atoms with van der Waals surface area (Å²) in [5, 5.41) is 0.673. The summed E-state index contributed by atoms with van der Waals surface area (Å²) in [6, 6.07) is 7.99. The highest BCUT2D eigenvalue weighted by molar-refractivity contribution is 6.40. The summed E-state index contributed by atoms with van der Waals surface area (Å²) < 4.78 is 35.8. The van der Waals surface area contributed by atoms with Crippen LogP contribution in [0.3, 0.4) is 0 Å². The number of amides is 2. The van der Waals surface area contributed by atoms with Crippen molar-refractivity contribution in [2.45, 2.75) is 13.2 Å². The summed E-state index contributed by atoms with van der Waals surface area (Å²) in [6.07, 6.45) is -4.91. The van der Waals surface area contributed by atoms with Gasteiger partial charge in [0.15, 0.2) is 0 Å². The Morgan fingerprint density at radius 3 is 2.22 bits per heavy atom. The van der Waals surface area contributed by atoms with E-state index in [9.17, 15) is 22.8 Å². The fourth-order valence-corrected chi connectivity index (χ4v) is 1.36. The van der Waals surface area contributed by atoms with Crippen LogP contribution in [0.4, 0.5) is 18.9 Å². The summed E-state index contributed by atoms with van der Waals surface area (Å²) in [5.41, 5.74) is 0.363. The van der Waals surface area contributed by atoms with Gasteiger partial charge in [-0.3, -0.25) is 14.9 Å². The summed E-state index contributed by atoms with van der Waals surface area (Å²) >= 11 is 0. The third-order valence-corrected chi connectivity index (χ3v) is 2.08. The third-order valence-electron chi connectivity index (χ3n) is 2.08. The van der Waals surface area contributed by atoms with Crippen LogP contribution in [0.1, 0.15) is 6.92 Å². The van der Waals surface area contributed by atoms with Crippen molar-refractivity contribution in [2.75, 3.05) is 11.4 Å². The molecule has 98 valence electrons. The van der Waals surface area contributed by atoms with Gasteiger partial charge in [-0.15, -0.1) is 0 Å². The zero-order valence-corrected chi connectivity index (χ0v) is 9.49. The molecule has 0 unspecified atom stereocenters. The zero-order valence-electron chi connectivity index (χ0n) is 9.49. The van der Waals surface area contributed by atoms with E-state index in [0.717, 1.165) is 4.90 Å². The van der Waals surface area contributed by atoms with Gasteiger partial charge in [0.25, 0.3) is 0 Å². The van der Waals surface area contributed by atoms with Crippen LogP contribution >= 0.6 is 0 Å². The minimum absolute atomic E-state index is 0.0914. The van der Waals surface area contributed by atoms with Crippen LogP contribution < -0.4 is 10.2 Å². The second-order valence-electron chi connectivity index (χ2n) is 3.34. The van der Waals surface area contributed by atoms with E-state index >= 15 is 0 Å². The number of nitrogens with zero attached hydrogens (tertiary/aromatic N) is 1. The smallest absolute Gasteiger partial charge is 0.304 e. The molecule has 2 amide bonds. The molecule has 0 heterocycles. The summed E-state index contributed by atoms with van der Waals surface area (Å²) in [6.45, 7) is 1.65. The first-order valence-electron chi connectivity index (χ1n) is 5.11. The number of nitrogens with one attached hydrogen (secondary N) is 1. The number of hydrogen-bond acceptors (Lipinski definition) is 2. The van der Waals surface area contributed by atoms with Gasteiger partial charge in [0.1, 0.15) is 0 Å². The predicted molar refractivity (Wildman–Crippen MR) is 58.7 cm³/mol. The summed E-state index contributed by atoms with van der Waals surface area (Å²) in [4.78, 5) is 23.6. The maximum absolute atomic E-state index is 11.9. The minimum Gasteiger partial charge on any atom is -0.304 e. The van der Waals surface area contributed by atoms with E-state index < -0.39 is 18.1 Å². The number of halogens is 3. The van der Waals surface area contributed by atoms with Crippen molar-refractivity contribution in [1.82, 2.24) is 5.32 Å². The molecule has 0 bridgehead atoms. The highest BCUT2D eigenvalue weighted by Crippen LogP contribution is 2.14. The molecule has 1 N–H and O–H groups in total. The average Bonchev–Trinajstić information content (AvgIpc) is 2.29. The Hall–Kier alpha value is -2.05. The molecule has 0 spiro atoms. The molecule has 0 fully saturated rings. The van der Waals surface area contributed by atoms with E-state index in [1.807, 2.05) is 0 Å². The Kier molecular flexibility index (Phi) is 4.30. The third kappa shape index (κ3) is 3.76. The van der Waals surface area contributed by atoms with Crippen LogP contribution in [-0.2, 0) is 9.59 Å². The fourth-order valence-electron chi connectivity index (χ4n) is 1.36. The number of anilines is 1. The van der Waals surface area contributed by atoms with E-state index in [1.165, 1.54) is 12.1 Å². The van der Waals surface area contributed by atoms with Gasteiger partial charge in [-0.25, -0.2) is 0 Å². The van der Waals surface area contributed by atoms with E-state index in [1.54, 1.807) is 25.1 Å². The molecule has 1 aromatic rings. The van der Waals surface area contributed by atoms with E-state index in [4.69, 9.17) is 0 Å². The van der Waals surface area contributed by atoms with Crippen molar-refractivity contribution in [3.63, 3.8) is 0 Å². The topological polar surface area (TPSA) is 49.4 Å². The molecular weight excluding hydrogens is 249 g/mol. The van der Waals surface area contributed by atoms with Gasteiger partial charge < -0.3 is 4.90 Å². The quantitative estimate of drug-likeness (QED) is 0.649. The number of carbonyl (C=O) groups is 2. The van der Waals surface area contributed by atoms with Crippen molar-refractivity contribution in [1.29, 1.82) is 0 Å². The Labute approximate surface area is 101 Å².